The molecule has 5 aliphatic rings. The molecule has 1 saturated heterocycles. The van der Waals surface area contributed by atoms with Crippen molar-refractivity contribution < 1.29 is 33.9 Å². The first kappa shape index (κ1) is 30.1. The lowest BCUT2D eigenvalue weighted by Crippen LogP contribution is -2.56. The van der Waals surface area contributed by atoms with Crippen molar-refractivity contribution in [2.24, 2.45) is 11.1 Å². The number of carboxylic acid groups (broad SMARTS) is 1. The zero-order valence-corrected chi connectivity index (χ0v) is 25.0. The fourth-order valence-electron chi connectivity index (χ4n) is 7.11. The molecule has 1 aromatic carbocycles. The van der Waals surface area contributed by atoms with Crippen LogP contribution in [0.25, 0.3) is 0 Å². The number of ether oxygens (including phenoxy) is 1. The fraction of sp³-hybridized carbons (Fsp3) is 0.606. The lowest BCUT2D eigenvalue weighted by molar-refractivity contribution is -0.145. The van der Waals surface area contributed by atoms with E-state index in [9.17, 15) is 24.3 Å². The summed E-state index contributed by atoms with van der Waals surface area (Å²) in [5.41, 5.74) is 1.68. The van der Waals surface area contributed by atoms with Crippen molar-refractivity contribution in [1.82, 2.24) is 15.5 Å². The molecular formula is C33H42N4O7. The number of carbonyl (C=O) groups is 4. The molecule has 2 saturated carbocycles. The standard InChI is InChI=1S/C33H42N4O7/c38-29-28-18-24(44-36-26-17-16-21-10-6-9-14-25(21)26)20-37(28)30(39)27(34-32(42)43-23-12-7-8-13-23)15-5-3-1-2-4-11-22-19-33(22,35-29)31(40)41/h4,6,9-11,14,22-24,27-28H,1-3,5,7-8,12-13,15-20H2,(H,34,42)(H,35,38)(H,40,41)/b11-4-,36-26+/t22-,24-,27+,28+,33+/m1/s1. The van der Waals surface area contributed by atoms with Crippen LogP contribution in [-0.2, 0) is 30.4 Å². The Labute approximate surface area is 257 Å². The molecule has 5 atom stereocenters. The maximum atomic E-state index is 14.1. The number of carboxylic acids is 1. The van der Waals surface area contributed by atoms with Gasteiger partial charge in [0, 0.05) is 17.9 Å². The van der Waals surface area contributed by atoms with Gasteiger partial charge in [-0.2, -0.15) is 0 Å². The van der Waals surface area contributed by atoms with Crippen LogP contribution in [-0.4, -0.2) is 76.0 Å². The van der Waals surface area contributed by atoms with Crippen LogP contribution < -0.4 is 10.6 Å². The highest BCUT2D eigenvalue weighted by Crippen LogP contribution is 2.45. The fourth-order valence-corrected chi connectivity index (χ4v) is 7.11. The number of hydrogen-bond acceptors (Lipinski definition) is 7. The Morgan fingerprint density at radius 1 is 1.02 bits per heavy atom. The van der Waals surface area contributed by atoms with Crippen LogP contribution in [0.5, 0.6) is 0 Å². The summed E-state index contributed by atoms with van der Waals surface area (Å²) in [7, 11) is 0. The van der Waals surface area contributed by atoms with E-state index in [4.69, 9.17) is 9.57 Å². The van der Waals surface area contributed by atoms with Gasteiger partial charge in [-0.1, -0.05) is 54.4 Å². The van der Waals surface area contributed by atoms with Gasteiger partial charge in [-0.25, -0.2) is 9.59 Å². The average Bonchev–Trinajstić information content (AvgIpc) is 3.42. The highest BCUT2D eigenvalue weighted by Gasteiger charge is 2.61. The van der Waals surface area contributed by atoms with Gasteiger partial charge in [-0.05, 0) is 69.8 Å². The summed E-state index contributed by atoms with van der Waals surface area (Å²) in [4.78, 5) is 60.5. The van der Waals surface area contributed by atoms with Gasteiger partial charge in [-0.15, -0.1) is 0 Å². The van der Waals surface area contributed by atoms with E-state index in [-0.39, 0.29) is 25.0 Å². The average molecular weight is 607 g/mol. The van der Waals surface area contributed by atoms with Crippen LogP contribution in [0.4, 0.5) is 4.79 Å². The summed E-state index contributed by atoms with van der Waals surface area (Å²) >= 11 is 0. The Hall–Kier alpha value is -3.89. The SMILES string of the molecule is O=C(N[C@H]1CCCCC/C=C\[C@@H]2C[C@]2(C(=O)O)NC(=O)[C@@H]2C[C@@H](O/N=C3\CCc4ccccc43)CN2C1=O)OC1CCCC1. The first-order chi connectivity index (χ1) is 21.3. The number of aliphatic carboxylic acids is 1. The third-order valence-corrected chi connectivity index (χ3v) is 9.76. The number of benzene rings is 1. The number of nitrogens with zero attached hydrogens (tertiary/aromatic N) is 2. The minimum absolute atomic E-state index is 0.0919. The summed E-state index contributed by atoms with van der Waals surface area (Å²) in [5, 5.41) is 20.1. The number of fused-ring (bicyclic) bond motifs is 3. The number of carbonyl (C=O) groups excluding carboxylic acids is 3. The Bertz CT molecular complexity index is 1340. The number of hydrogen-bond donors (Lipinski definition) is 3. The zero-order chi connectivity index (χ0) is 30.7. The zero-order valence-electron chi connectivity index (χ0n) is 25.0. The van der Waals surface area contributed by atoms with Crippen LogP contribution in [0, 0.1) is 5.92 Å². The summed E-state index contributed by atoms with van der Waals surface area (Å²) in [5.74, 6) is -2.33. The molecule has 0 bridgehead atoms. The molecule has 44 heavy (non-hydrogen) atoms. The van der Waals surface area contributed by atoms with E-state index in [0.29, 0.717) is 19.3 Å². The number of allylic oxidation sites excluding steroid dienone is 1. The molecule has 3 aliphatic carbocycles. The summed E-state index contributed by atoms with van der Waals surface area (Å²) < 4.78 is 5.61. The van der Waals surface area contributed by atoms with Crippen molar-refractivity contribution in [3.8, 4) is 0 Å². The van der Waals surface area contributed by atoms with E-state index in [1.165, 1.54) is 10.5 Å². The second kappa shape index (κ2) is 13.0. The highest BCUT2D eigenvalue weighted by molar-refractivity contribution is 6.04. The second-order valence-corrected chi connectivity index (χ2v) is 12.8. The van der Waals surface area contributed by atoms with Gasteiger partial charge in [0.1, 0.15) is 29.8 Å². The second-order valence-electron chi connectivity index (χ2n) is 12.8. The van der Waals surface area contributed by atoms with Crippen LogP contribution >= 0.6 is 0 Å². The van der Waals surface area contributed by atoms with Crippen molar-refractivity contribution in [1.29, 1.82) is 0 Å². The first-order valence-corrected chi connectivity index (χ1v) is 16.1. The van der Waals surface area contributed by atoms with Gasteiger partial charge in [0.2, 0.25) is 11.8 Å². The van der Waals surface area contributed by atoms with Crippen LogP contribution in [0.2, 0.25) is 0 Å². The Morgan fingerprint density at radius 3 is 2.64 bits per heavy atom. The largest absolute Gasteiger partial charge is 0.479 e. The molecule has 3 N–H and O–H groups in total. The van der Waals surface area contributed by atoms with E-state index in [1.807, 2.05) is 30.4 Å². The molecule has 6 rings (SSSR count). The van der Waals surface area contributed by atoms with E-state index in [2.05, 4.69) is 21.9 Å². The van der Waals surface area contributed by atoms with Gasteiger partial charge in [0.15, 0.2) is 0 Å². The first-order valence-electron chi connectivity index (χ1n) is 16.1. The Balaban J connectivity index is 1.23. The van der Waals surface area contributed by atoms with Gasteiger partial charge in [-0.3, -0.25) is 9.59 Å². The number of alkyl carbamates (subject to hydrolysis) is 1. The van der Waals surface area contributed by atoms with Gasteiger partial charge < -0.3 is 30.2 Å². The molecule has 0 aromatic heterocycles. The summed E-state index contributed by atoms with van der Waals surface area (Å²) in [6.45, 7) is 0.0919. The van der Waals surface area contributed by atoms with Gasteiger partial charge >= 0.3 is 12.1 Å². The molecule has 0 radical (unpaired) electrons. The smallest absolute Gasteiger partial charge is 0.408 e. The molecular weight excluding hydrogens is 564 g/mol. The van der Waals surface area contributed by atoms with Gasteiger partial charge in [0.05, 0.1) is 12.3 Å². The minimum Gasteiger partial charge on any atom is -0.479 e. The lowest BCUT2D eigenvalue weighted by atomic mass is 10.0. The Morgan fingerprint density at radius 2 is 1.82 bits per heavy atom. The molecule has 236 valence electrons. The molecule has 2 aliphatic heterocycles. The van der Waals surface area contributed by atoms with Gasteiger partial charge in [0.25, 0.3) is 0 Å². The van der Waals surface area contributed by atoms with E-state index < -0.39 is 47.6 Å². The van der Waals surface area contributed by atoms with Crippen LogP contribution in [0.3, 0.4) is 0 Å². The molecule has 1 aromatic rings. The summed E-state index contributed by atoms with van der Waals surface area (Å²) in [6, 6.07) is 6.18. The number of amides is 3. The van der Waals surface area contributed by atoms with E-state index in [1.54, 1.807) is 0 Å². The highest BCUT2D eigenvalue weighted by atomic mass is 16.6. The summed E-state index contributed by atoms with van der Waals surface area (Å²) in [6.07, 6.45) is 11.8. The molecule has 0 unspecified atom stereocenters. The van der Waals surface area contributed by atoms with E-state index in [0.717, 1.165) is 69.1 Å². The lowest BCUT2D eigenvalue weighted by Gasteiger charge is -2.29. The normalized spacial score (nSPS) is 32.5. The predicted molar refractivity (Wildman–Crippen MR) is 161 cm³/mol. The van der Waals surface area contributed by atoms with Crippen molar-refractivity contribution in [3.63, 3.8) is 0 Å². The number of oxime groups is 1. The number of rotatable bonds is 5. The van der Waals surface area contributed by atoms with Crippen LogP contribution in [0.15, 0.2) is 41.6 Å². The maximum absolute atomic E-state index is 14.1. The Kier molecular flexibility index (Phi) is 8.91. The van der Waals surface area contributed by atoms with Crippen molar-refractivity contribution >= 4 is 29.6 Å². The molecule has 2 heterocycles. The molecule has 3 amide bonds. The van der Waals surface area contributed by atoms with Crippen molar-refractivity contribution in [2.45, 2.75) is 113 Å². The third-order valence-electron chi connectivity index (χ3n) is 9.76. The van der Waals surface area contributed by atoms with Crippen molar-refractivity contribution in [2.75, 3.05) is 6.54 Å². The van der Waals surface area contributed by atoms with E-state index >= 15 is 0 Å². The van der Waals surface area contributed by atoms with Crippen LogP contribution in [0.1, 0.15) is 88.2 Å². The molecule has 11 nitrogen and oxygen atoms in total. The maximum Gasteiger partial charge on any atom is 0.408 e. The minimum atomic E-state index is -1.39. The molecule has 11 heteroatoms. The number of aryl methyl sites for hydroxylation is 1. The molecule has 3 fully saturated rings. The third kappa shape index (κ3) is 6.46. The monoisotopic (exact) mass is 606 g/mol. The number of nitrogens with one attached hydrogen (secondary N) is 2. The topological polar surface area (TPSA) is 147 Å². The molecule has 0 spiro atoms. The quantitative estimate of drug-likeness (QED) is 0.341. The predicted octanol–water partition coefficient (Wildman–Crippen LogP) is 3.84. The van der Waals surface area contributed by atoms with Crippen molar-refractivity contribution in [3.05, 3.63) is 47.5 Å².